The van der Waals surface area contributed by atoms with Gasteiger partial charge in [-0.15, -0.1) is 0 Å². The van der Waals surface area contributed by atoms with Crippen LogP contribution in [0.1, 0.15) is 45.1 Å². The number of hydrogen-bond acceptors (Lipinski definition) is 1. The summed E-state index contributed by atoms with van der Waals surface area (Å²) in [5.41, 5.74) is 3.09. The highest BCUT2D eigenvalue weighted by molar-refractivity contribution is 6.35. The second-order valence-electron chi connectivity index (χ2n) is 7.92. The Bertz CT molecular complexity index is 689. The lowest BCUT2D eigenvalue weighted by Crippen LogP contribution is -2.32. The number of fused-ring (bicyclic) bond motifs is 2. The molecule has 2 nitrogen and oxygen atoms in total. The number of rotatable bonds is 4. The van der Waals surface area contributed by atoms with Crippen LogP contribution < -0.4 is 5.32 Å². The first kappa shape index (κ1) is 14.6. The summed E-state index contributed by atoms with van der Waals surface area (Å²) in [4.78, 5) is 3.35. The van der Waals surface area contributed by atoms with Gasteiger partial charge >= 0.3 is 0 Å². The summed E-state index contributed by atoms with van der Waals surface area (Å²) in [6, 6.07) is 6.79. The van der Waals surface area contributed by atoms with Gasteiger partial charge in [0.15, 0.2) is 0 Å². The first-order valence-corrected chi connectivity index (χ1v) is 8.85. The summed E-state index contributed by atoms with van der Waals surface area (Å²) in [5, 5.41) is 5.84. The molecular weight excluding hydrogens is 292 g/mol. The van der Waals surface area contributed by atoms with Crippen LogP contribution >= 0.6 is 11.6 Å². The number of aromatic amines is 1. The van der Waals surface area contributed by atoms with Crippen molar-refractivity contribution in [2.24, 2.45) is 17.3 Å². The Kier molecular flexibility index (Phi) is 3.32. The Hall–Kier alpha value is -0.990. The molecule has 0 aliphatic heterocycles. The molecule has 4 atom stereocenters. The van der Waals surface area contributed by atoms with E-state index in [1.54, 1.807) is 0 Å². The van der Waals surface area contributed by atoms with E-state index in [0.29, 0.717) is 17.4 Å². The van der Waals surface area contributed by atoms with Crippen molar-refractivity contribution >= 4 is 22.5 Å². The maximum atomic E-state index is 6.39. The van der Waals surface area contributed by atoms with Crippen molar-refractivity contribution in [1.29, 1.82) is 0 Å². The van der Waals surface area contributed by atoms with Crippen LogP contribution in [0.4, 0.5) is 0 Å². The fourth-order valence-corrected chi connectivity index (χ4v) is 4.96. The molecule has 0 spiro atoms. The number of aromatic nitrogens is 1. The van der Waals surface area contributed by atoms with Gasteiger partial charge < -0.3 is 10.3 Å². The first-order valence-electron chi connectivity index (χ1n) is 8.47. The van der Waals surface area contributed by atoms with Crippen LogP contribution in [0, 0.1) is 17.3 Å². The van der Waals surface area contributed by atoms with Gasteiger partial charge in [-0.1, -0.05) is 38.4 Å². The van der Waals surface area contributed by atoms with Crippen LogP contribution in [0.3, 0.4) is 0 Å². The molecule has 1 heterocycles. The van der Waals surface area contributed by atoms with Crippen LogP contribution in [0.15, 0.2) is 24.4 Å². The van der Waals surface area contributed by atoms with E-state index in [0.717, 1.165) is 28.9 Å². The molecule has 0 bridgehead atoms. The lowest BCUT2D eigenvalue weighted by molar-refractivity contribution is 0.380. The van der Waals surface area contributed by atoms with Gasteiger partial charge in [-0.05, 0) is 53.7 Å². The Labute approximate surface area is 137 Å². The summed E-state index contributed by atoms with van der Waals surface area (Å²) in [6.45, 7) is 8.17. The largest absolute Gasteiger partial charge is 0.361 e. The number of halogens is 1. The zero-order valence-electron chi connectivity index (χ0n) is 13.6. The minimum Gasteiger partial charge on any atom is -0.361 e. The molecule has 2 saturated carbocycles. The lowest BCUT2D eigenvalue weighted by atomic mass is 9.96. The Morgan fingerprint density at radius 1 is 1.32 bits per heavy atom. The molecule has 0 amide bonds. The van der Waals surface area contributed by atoms with Crippen molar-refractivity contribution in [3.8, 4) is 0 Å². The van der Waals surface area contributed by atoms with Gasteiger partial charge in [0.05, 0.1) is 5.02 Å². The summed E-state index contributed by atoms with van der Waals surface area (Å²) >= 11 is 6.39. The highest BCUT2D eigenvalue weighted by Gasteiger charge is 2.61. The third-order valence-corrected chi connectivity index (χ3v) is 6.61. The van der Waals surface area contributed by atoms with E-state index in [2.05, 4.69) is 43.3 Å². The molecule has 118 valence electrons. The monoisotopic (exact) mass is 316 g/mol. The number of H-pyrrole nitrogens is 1. The molecular formula is C19H25ClN2. The Morgan fingerprint density at radius 3 is 2.77 bits per heavy atom. The number of benzene rings is 1. The van der Waals surface area contributed by atoms with Crippen LogP contribution in [-0.2, 0) is 0 Å². The number of hydrogen-bond donors (Lipinski definition) is 2. The van der Waals surface area contributed by atoms with E-state index >= 15 is 0 Å². The topological polar surface area (TPSA) is 27.8 Å². The van der Waals surface area contributed by atoms with Gasteiger partial charge in [0, 0.05) is 29.7 Å². The molecule has 0 saturated heterocycles. The van der Waals surface area contributed by atoms with Gasteiger partial charge in [-0.2, -0.15) is 0 Å². The second kappa shape index (κ2) is 5.01. The average Bonchev–Trinajstić information content (AvgIpc) is 2.94. The van der Waals surface area contributed by atoms with Crippen molar-refractivity contribution in [2.75, 3.05) is 6.54 Å². The quantitative estimate of drug-likeness (QED) is 0.820. The normalized spacial score (nSPS) is 30.5. The maximum Gasteiger partial charge on any atom is 0.0502 e. The lowest BCUT2D eigenvalue weighted by Gasteiger charge is -2.21. The maximum absolute atomic E-state index is 6.39. The minimum atomic E-state index is 0.471. The molecule has 2 aliphatic carbocycles. The van der Waals surface area contributed by atoms with Crippen molar-refractivity contribution < 1.29 is 0 Å². The van der Waals surface area contributed by atoms with E-state index in [4.69, 9.17) is 11.6 Å². The molecule has 1 aromatic heterocycles. The van der Waals surface area contributed by atoms with Crippen molar-refractivity contribution in [3.63, 3.8) is 0 Å². The van der Waals surface area contributed by atoms with Crippen molar-refractivity contribution in [2.45, 2.75) is 45.6 Å². The predicted molar refractivity (Wildman–Crippen MR) is 93.5 cm³/mol. The van der Waals surface area contributed by atoms with Gasteiger partial charge in [0.2, 0.25) is 0 Å². The SMILES string of the molecule is CC(CN[C@H]1C[C@@H]2[C@H](C1)C2(C)C)c1c[nH]c2cccc(Cl)c12. The molecule has 4 rings (SSSR count). The molecule has 2 N–H and O–H groups in total. The van der Waals surface area contributed by atoms with Crippen LogP contribution in [0.2, 0.25) is 5.02 Å². The first-order chi connectivity index (χ1) is 10.5. The third kappa shape index (κ3) is 2.19. The fraction of sp³-hybridized carbons (Fsp3) is 0.579. The van der Waals surface area contributed by atoms with Gasteiger partial charge in [0.1, 0.15) is 0 Å². The molecule has 2 aliphatic rings. The standard InChI is InChI=1S/C19H25ClN2/c1-11(9-21-12-7-14-15(8-12)19(14,2)3)13-10-22-17-6-4-5-16(20)18(13)17/h4-6,10-12,14-15,21-22H,7-9H2,1-3H3/t11?,12-,14+,15-. The zero-order valence-corrected chi connectivity index (χ0v) is 14.4. The molecule has 3 heteroatoms. The van der Waals surface area contributed by atoms with Crippen LogP contribution in [0.25, 0.3) is 10.9 Å². The van der Waals surface area contributed by atoms with E-state index in [9.17, 15) is 0 Å². The van der Waals surface area contributed by atoms with Crippen molar-refractivity contribution in [3.05, 3.63) is 35.0 Å². The van der Waals surface area contributed by atoms with E-state index < -0.39 is 0 Å². The molecule has 0 radical (unpaired) electrons. The third-order valence-electron chi connectivity index (χ3n) is 6.29. The highest BCUT2D eigenvalue weighted by atomic mass is 35.5. The number of nitrogens with one attached hydrogen (secondary N) is 2. The highest BCUT2D eigenvalue weighted by Crippen LogP contribution is 2.66. The molecule has 1 aromatic carbocycles. The smallest absolute Gasteiger partial charge is 0.0502 e. The summed E-state index contributed by atoms with van der Waals surface area (Å²) in [7, 11) is 0. The van der Waals surface area contributed by atoms with Gasteiger partial charge in [-0.3, -0.25) is 0 Å². The zero-order chi connectivity index (χ0) is 15.5. The second-order valence-corrected chi connectivity index (χ2v) is 8.33. The Balaban J connectivity index is 1.41. The average molecular weight is 317 g/mol. The minimum absolute atomic E-state index is 0.471. The molecule has 22 heavy (non-hydrogen) atoms. The van der Waals surface area contributed by atoms with Crippen LogP contribution in [0.5, 0.6) is 0 Å². The summed E-state index contributed by atoms with van der Waals surface area (Å²) in [5.74, 6) is 2.39. The summed E-state index contributed by atoms with van der Waals surface area (Å²) < 4.78 is 0. The van der Waals surface area contributed by atoms with Gasteiger partial charge in [0.25, 0.3) is 0 Å². The van der Waals surface area contributed by atoms with E-state index in [1.807, 2.05) is 12.1 Å². The van der Waals surface area contributed by atoms with Crippen molar-refractivity contribution in [1.82, 2.24) is 10.3 Å². The predicted octanol–water partition coefficient (Wildman–Crippen LogP) is 4.95. The molecule has 1 unspecified atom stereocenters. The summed E-state index contributed by atoms with van der Waals surface area (Å²) in [6.07, 6.45) is 4.84. The Morgan fingerprint density at radius 2 is 2.05 bits per heavy atom. The molecule has 2 aromatic rings. The molecule has 2 fully saturated rings. The van der Waals surface area contributed by atoms with Crippen LogP contribution in [-0.4, -0.2) is 17.6 Å². The van der Waals surface area contributed by atoms with E-state index in [-0.39, 0.29) is 0 Å². The van der Waals surface area contributed by atoms with E-state index in [1.165, 1.54) is 23.8 Å². The van der Waals surface area contributed by atoms with Gasteiger partial charge in [-0.25, -0.2) is 0 Å². The fourth-order valence-electron chi connectivity index (χ4n) is 4.68.